The first-order chi connectivity index (χ1) is 15.9. The topological polar surface area (TPSA) is 95.1 Å². The number of amides is 1. The Morgan fingerprint density at radius 2 is 1.94 bits per heavy atom. The van der Waals surface area contributed by atoms with Gasteiger partial charge < -0.3 is 19.0 Å². The van der Waals surface area contributed by atoms with Crippen LogP contribution < -0.4 is 5.32 Å². The molecule has 11 heteroatoms. The Kier molecular flexibility index (Phi) is 5.17. The minimum absolute atomic E-state index is 0.0594. The van der Waals surface area contributed by atoms with Crippen molar-refractivity contribution in [2.75, 3.05) is 18.5 Å². The van der Waals surface area contributed by atoms with Crippen LogP contribution in [0.1, 0.15) is 16.6 Å². The molecule has 0 saturated carbocycles. The molecule has 1 unspecified atom stereocenters. The zero-order chi connectivity index (χ0) is 23.0. The molecule has 4 heterocycles. The summed E-state index contributed by atoms with van der Waals surface area (Å²) in [7, 11) is 0. The predicted molar refractivity (Wildman–Crippen MR) is 110 cm³/mol. The van der Waals surface area contributed by atoms with E-state index in [1.54, 1.807) is 0 Å². The Labute approximate surface area is 185 Å². The average Bonchev–Trinajstić information content (AvgIpc) is 3.52. The Balaban J connectivity index is 1.56. The van der Waals surface area contributed by atoms with Gasteiger partial charge in [-0.15, -0.1) is 0 Å². The minimum Gasteiger partial charge on any atom is -0.449 e. The summed E-state index contributed by atoms with van der Waals surface area (Å²) < 4.78 is 54.5. The second-order valence-corrected chi connectivity index (χ2v) is 7.36. The molecule has 5 rings (SSSR count). The van der Waals surface area contributed by atoms with Gasteiger partial charge in [-0.2, -0.15) is 0 Å². The number of nitrogens with one attached hydrogen (secondary N) is 1. The van der Waals surface area contributed by atoms with Crippen LogP contribution in [0.3, 0.4) is 0 Å². The number of halogens is 3. The van der Waals surface area contributed by atoms with Crippen molar-refractivity contribution >= 4 is 11.7 Å². The number of aromatic nitrogens is 4. The van der Waals surface area contributed by atoms with Crippen LogP contribution in [-0.4, -0.2) is 44.6 Å². The molecule has 0 bridgehead atoms. The molecule has 1 aromatic carbocycles. The number of imidazole rings is 1. The number of alkyl halides is 2. The maximum Gasteiger partial charge on any atom is 0.293 e. The van der Waals surface area contributed by atoms with Gasteiger partial charge in [-0.3, -0.25) is 4.79 Å². The second-order valence-electron chi connectivity index (χ2n) is 7.36. The maximum atomic E-state index is 14.5. The normalized spacial score (nSPS) is 17.2. The maximum absolute atomic E-state index is 14.5. The van der Waals surface area contributed by atoms with E-state index in [1.807, 2.05) is 0 Å². The summed E-state index contributed by atoms with van der Waals surface area (Å²) in [5.41, 5.74) is 1.02. The van der Waals surface area contributed by atoms with Gasteiger partial charge in [0.15, 0.2) is 11.5 Å². The van der Waals surface area contributed by atoms with Crippen LogP contribution in [0.15, 0.2) is 65.7 Å². The molecule has 3 aromatic heterocycles. The number of hydrogen-bond acceptors (Lipinski definition) is 6. The Bertz CT molecular complexity index is 1290. The molecule has 0 aliphatic carbocycles. The molecule has 1 saturated heterocycles. The van der Waals surface area contributed by atoms with Crippen molar-refractivity contribution in [3.63, 3.8) is 0 Å². The number of benzene rings is 1. The van der Waals surface area contributed by atoms with Crippen LogP contribution in [-0.2, 0) is 4.74 Å². The molecule has 1 aliphatic heterocycles. The van der Waals surface area contributed by atoms with E-state index in [0.29, 0.717) is 11.3 Å². The molecule has 1 amide bonds. The Morgan fingerprint density at radius 3 is 2.64 bits per heavy atom. The summed E-state index contributed by atoms with van der Waals surface area (Å²) in [6, 6.07) is 8.55. The van der Waals surface area contributed by atoms with E-state index in [-0.39, 0.29) is 29.6 Å². The monoisotopic (exact) mass is 455 g/mol. The molecule has 1 aliphatic rings. The molecule has 1 N–H and O–H groups in total. The summed E-state index contributed by atoms with van der Waals surface area (Å²) >= 11 is 0. The number of anilines is 1. The highest BCUT2D eigenvalue weighted by atomic mass is 19.3. The zero-order valence-corrected chi connectivity index (χ0v) is 16.9. The second kappa shape index (κ2) is 8.17. The van der Waals surface area contributed by atoms with Gasteiger partial charge in [-0.05, 0) is 42.5 Å². The van der Waals surface area contributed by atoms with Crippen molar-refractivity contribution in [1.29, 1.82) is 0 Å². The highest BCUT2D eigenvalue weighted by Gasteiger charge is 2.47. The first-order valence-corrected chi connectivity index (χ1v) is 9.88. The fourth-order valence-electron chi connectivity index (χ4n) is 3.60. The van der Waals surface area contributed by atoms with Crippen molar-refractivity contribution < 1.29 is 27.1 Å². The first kappa shape index (κ1) is 20.9. The number of hydrogen-bond donors (Lipinski definition) is 1. The third-order valence-corrected chi connectivity index (χ3v) is 5.19. The average molecular weight is 455 g/mol. The molecule has 33 heavy (non-hydrogen) atoms. The van der Waals surface area contributed by atoms with E-state index < -0.39 is 30.3 Å². The molecule has 0 radical (unpaired) electrons. The van der Waals surface area contributed by atoms with E-state index in [0.717, 1.165) is 0 Å². The van der Waals surface area contributed by atoms with E-state index in [9.17, 15) is 18.0 Å². The van der Waals surface area contributed by atoms with Crippen LogP contribution in [0.2, 0.25) is 0 Å². The largest absolute Gasteiger partial charge is 0.449 e. The molecule has 168 valence electrons. The number of rotatable bonds is 5. The van der Waals surface area contributed by atoms with Crippen molar-refractivity contribution in [3.8, 4) is 22.7 Å². The third kappa shape index (κ3) is 3.98. The number of carbonyl (C=O) groups excluding carboxylic acids is 1. The van der Waals surface area contributed by atoms with Crippen molar-refractivity contribution in [2.24, 2.45) is 0 Å². The predicted octanol–water partition coefficient (Wildman–Crippen LogP) is 4.20. The van der Waals surface area contributed by atoms with Gasteiger partial charge >= 0.3 is 0 Å². The fraction of sp³-hybridized carbons (Fsp3) is 0.182. The molecular formula is C22H16F3N5O3. The van der Waals surface area contributed by atoms with E-state index in [2.05, 4.69) is 20.3 Å². The molecule has 1 fully saturated rings. The summed E-state index contributed by atoms with van der Waals surface area (Å²) in [6.45, 7) is -0.938. The SMILES string of the molecule is O=C(Nc1ccncn1)c1ccc(-c2c(-c3ccc(F)cc3)ncn2C2COCC2(F)F)o1. The molecule has 4 aromatic rings. The van der Waals surface area contributed by atoms with Gasteiger partial charge in [-0.25, -0.2) is 28.1 Å². The lowest BCUT2D eigenvalue weighted by atomic mass is 10.1. The standard InChI is InChI=1S/C22H16F3N5O3/c23-14-3-1-13(2-4-14)19-20(30(12-28-19)17-9-32-10-22(17,24)25)15-5-6-16(33-15)21(31)29-18-7-8-26-11-27-18/h1-8,11-12,17H,9-10H2,(H,26,27,29,31). The van der Waals surface area contributed by atoms with E-state index in [1.165, 1.54) is 65.9 Å². The number of furan rings is 1. The van der Waals surface area contributed by atoms with Gasteiger partial charge in [0, 0.05) is 11.8 Å². The van der Waals surface area contributed by atoms with Crippen molar-refractivity contribution in [2.45, 2.75) is 12.0 Å². The lowest BCUT2D eigenvalue weighted by Crippen LogP contribution is -2.29. The summed E-state index contributed by atoms with van der Waals surface area (Å²) in [4.78, 5) is 24.6. The van der Waals surface area contributed by atoms with Gasteiger partial charge in [0.05, 0.1) is 18.6 Å². The Hall–Kier alpha value is -3.99. The highest BCUT2D eigenvalue weighted by Crippen LogP contribution is 2.41. The van der Waals surface area contributed by atoms with Crippen LogP contribution >= 0.6 is 0 Å². The summed E-state index contributed by atoms with van der Waals surface area (Å²) in [5, 5.41) is 2.56. The molecule has 8 nitrogen and oxygen atoms in total. The highest BCUT2D eigenvalue weighted by molar-refractivity contribution is 6.02. The molecular weight excluding hydrogens is 439 g/mol. The first-order valence-electron chi connectivity index (χ1n) is 9.88. The Morgan fingerprint density at radius 1 is 1.12 bits per heavy atom. The summed E-state index contributed by atoms with van der Waals surface area (Å²) in [5.74, 6) is -3.80. The van der Waals surface area contributed by atoms with Gasteiger partial charge in [0.2, 0.25) is 0 Å². The lowest BCUT2D eigenvalue weighted by molar-refractivity contribution is -0.0320. The minimum atomic E-state index is -3.13. The number of carbonyl (C=O) groups is 1. The number of ether oxygens (including phenoxy) is 1. The lowest BCUT2D eigenvalue weighted by Gasteiger charge is -2.20. The van der Waals surface area contributed by atoms with Crippen LogP contribution in [0, 0.1) is 5.82 Å². The molecule has 1 atom stereocenters. The quantitative estimate of drug-likeness (QED) is 0.485. The van der Waals surface area contributed by atoms with E-state index in [4.69, 9.17) is 9.15 Å². The van der Waals surface area contributed by atoms with Gasteiger partial charge in [-0.1, -0.05) is 0 Å². The summed E-state index contributed by atoms with van der Waals surface area (Å²) in [6.07, 6.45) is 4.01. The van der Waals surface area contributed by atoms with Crippen LogP contribution in [0.5, 0.6) is 0 Å². The van der Waals surface area contributed by atoms with Crippen LogP contribution in [0.25, 0.3) is 22.7 Å². The third-order valence-electron chi connectivity index (χ3n) is 5.19. The number of nitrogens with zero attached hydrogens (tertiary/aromatic N) is 4. The van der Waals surface area contributed by atoms with Crippen LogP contribution in [0.4, 0.5) is 19.0 Å². The zero-order valence-electron chi connectivity index (χ0n) is 16.9. The fourth-order valence-corrected chi connectivity index (χ4v) is 3.60. The van der Waals surface area contributed by atoms with E-state index >= 15 is 0 Å². The van der Waals surface area contributed by atoms with Gasteiger partial charge in [0.1, 0.15) is 36.3 Å². The molecule has 0 spiro atoms. The van der Waals surface area contributed by atoms with Gasteiger partial charge in [0.25, 0.3) is 11.8 Å². The van der Waals surface area contributed by atoms with Crippen molar-refractivity contribution in [1.82, 2.24) is 19.5 Å². The smallest absolute Gasteiger partial charge is 0.293 e. The van der Waals surface area contributed by atoms with Crippen molar-refractivity contribution in [3.05, 3.63) is 72.9 Å².